The number of benzene rings is 4. The first kappa shape index (κ1) is 61.9. The Morgan fingerprint density at radius 1 is 0.689 bits per heavy atom. The zero-order chi connectivity index (χ0) is 54.6. The van der Waals surface area contributed by atoms with Gasteiger partial charge in [0.15, 0.2) is 0 Å². The van der Waals surface area contributed by atoms with Crippen LogP contribution in [0.2, 0.25) is 0 Å². The molecule has 0 spiro atoms. The maximum absolute atomic E-state index is 13.7. The third-order valence-corrected chi connectivity index (χ3v) is 13.0. The van der Waals surface area contributed by atoms with Gasteiger partial charge in [0.25, 0.3) is 11.8 Å². The second kappa shape index (κ2) is 32.7. The number of likely N-dealkylation sites (tertiary alicyclic amines) is 2. The molecule has 0 saturated carbocycles. The van der Waals surface area contributed by atoms with Gasteiger partial charge < -0.3 is 40.9 Å². The Hall–Kier alpha value is -6.38. The first-order valence-electron chi connectivity index (χ1n) is 26.5. The van der Waals surface area contributed by atoms with Crippen molar-refractivity contribution in [2.75, 3.05) is 73.5 Å². The van der Waals surface area contributed by atoms with Crippen molar-refractivity contribution in [2.45, 2.75) is 112 Å². The molecule has 0 radical (unpaired) electrons. The van der Waals surface area contributed by atoms with Crippen molar-refractivity contribution in [3.63, 3.8) is 0 Å². The van der Waals surface area contributed by atoms with Crippen LogP contribution in [0, 0.1) is 11.3 Å². The summed E-state index contributed by atoms with van der Waals surface area (Å²) in [5.74, 6) is 0.716. The highest BCUT2D eigenvalue weighted by molar-refractivity contribution is 5.96. The van der Waals surface area contributed by atoms with Crippen LogP contribution in [-0.2, 0) is 32.0 Å². The van der Waals surface area contributed by atoms with Crippen LogP contribution in [0.15, 0.2) is 109 Å². The van der Waals surface area contributed by atoms with E-state index in [2.05, 4.69) is 87.1 Å². The lowest BCUT2D eigenvalue weighted by molar-refractivity contribution is -0.132. The molecule has 0 bridgehead atoms. The molecule has 74 heavy (non-hydrogen) atoms. The van der Waals surface area contributed by atoms with Gasteiger partial charge in [-0.05, 0) is 124 Å². The summed E-state index contributed by atoms with van der Waals surface area (Å²) < 4.78 is 0. The van der Waals surface area contributed by atoms with Crippen molar-refractivity contribution < 1.29 is 28.8 Å². The highest BCUT2D eigenvalue weighted by Gasteiger charge is 2.28. The van der Waals surface area contributed by atoms with Crippen molar-refractivity contribution >= 4 is 35.9 Å². The fourth-order valence-corrected chi connectivity index (χ4v) is 7.91. The van der Waals surface area contributed by atoms with Crippen LogP contribution >= 0.6 is 0 Å². The monoisotopic (exact) mass is 1020 g/mol. The average Bonchev–Trinajstić information content (AvgIpc) is 4.12. The van der Waals surface area contributed by atoms with Gasteiger partial charge >= 0.3 is 0 Å². The first-order valence-corrected chi connectivity index (χ1v) is 26.5. The number of hydrogen-bond donors (Lipinski definition) is 4. The second-order valence-corrected chi connectivity index (χ2v) is 21.0. The van der Waals surface area contributed by atoms with E-state index in [1.165, 1.54) is 11.1 Å². The smallest absolute Gasteiger partial charge is 0.253 e. The molecule has 3 unspecified atom stereocenters. The number of rotatable bonds is 19. The zero-order valence-corrected chi connectivity index (χ0v) is 46.4. The molecular formula is C60H88N8O6. The summed E-state index contributed by atoms with van der Waals surface area (Å²) in [6.07, 6.45) is 6.48. The summed E-state index contributed by atoms with van der Waals surface area (Å²) in [6.45, 7) is 21.3. The SMILES string of the molecule is CC(C)C.CN(CCc1ccccc1)C(=O)c1cccc(-c2ccc(C(=O)N(CCc3ccccc3)CC3CCCN3C=O)cc2)c1.CNC(C)C(=O)NCC(=O)N1CCCC1.CNCC(=O)NC(C)C(C)(C)C. The van der Waals surface area contributed by atoms with Crippen LogP contribution in [0.5, 0.6) is 0 Å². The van der Waals surface area contributed by atoms with E-state index in [-0.39, 0.29) is 59.6 Å². The molecular weight excluding hydrogens is 929 g/mol. The number of amides is 6. The van der Waals surface area contributed by atoms with Crippen LogP contribution in [-0.4, -0.2) is 147 Å². The molecule has 2 saturated heterocycles. The fourth-order valence-electron chi connectivity index (χ4n) is 7.91. The summed E-state index contributed by atoms with van der Waals surface area (Å²) in [4.78, 5) is 79.8. The molecule has 4 N–H and O–H groups in total. The van der Waals surface area contributed by atoms with E-state index in [0.29, 0.717) is 37.3 Å². The summed E-state index contributed by atoms with van der Waals surface area (Å²) in [6, 6.07) is 35.6. The molecule has 4 aromatic carbocycles. The summed E-state index contributed by atoms with van der Waals surface area (Å²) in [5, 5.41) is 11.2. The van der Waals surface area contributed by atoms with Crippen LogP contribution in [0.1, 0.15) is 113 Å². The average molecular weight is 1020 g/mol. The first-order chi connectivity index (χ1) is 35.3. The summed E-state index contributed by atoms with van der Waals surface area (Å²) in [7, 11) is 5.32. The standard InChI is InChI=1S/C37H39N3O3.C10H19N3O2.C9H20N2O.C4H10/c1-38(24-21-29-10-4-2-5-11-29)36(42)34-15-8-14-33(26-34)31-17-19-32(20-18-31)37(43)39(25-22-30-12-6-3-7-13-30)27-35-16-9-23-40(35)28-41;1-8(11-2)10(15)12-7-9(14)13-5-3-4-6-13;1-7(9(2,3)4)11-8(12)6-10-5;1-4(2)3/h2-8,10-15,17-20,26,28,35H,9,16,21-25,27H2,1H3;8,11H,3-7H2,1-2H3,(H,12,15);7,10H,6H2,1-5H3,(H,11,12);4H,1-3H3. The number of nitrogens with one attached hydrogen (secondary N) is 4. The van der Waals surface area contributed by atoms with Gasteiger partial charge in [0.1, 0.15) is 0 Å². The van der Waals surface area contributed by atoms with E-state index < -0.39 is 0 Å². The lowest BCUT2D eigenvalue weighted by Crippen LogP contribution is -2.45. The van der Waals surface area contributed by atoms with E-state index in [1.807, 2.05) is 109 Å². The molecule has 6 amide bonds. The maximum atomic E-state index is 13.7. The highest BCUT2D eigenvalue weighted by Crippen LogP contribution is 2.24. The minimum Gasteiger partial charge on any atom is -0.352 e. The summed E-state index contributed by atoms with van der Waals surface area (Å²) >= 11 is 0. The molecule has 2 aliphatic heterocycles. The Bertz CT molecular complexity index is 2290. The third-order valence-electron chi connectivity index (χ3n) is 13.0. The normalized spacial score (nSPS) is 14.7. The molecule has 404 valence electrons. The number of nitrogens with zero attached hydrogens (tertiary/aromatic N) is 4. The zero-order valence-electron chi connectivity index (χ0n) is 46.4. The molecule has 14 nitrogen and oxygen atoms in total. The van der Waals surface area contributed by atoms with Crippen molar-refractivity contribution in [3.05, 3.63) is 131 Å². The van der Waals surface area contributed by atoms with Gasteiger partial charge in [0.05, 0.1) is 19.1 Å². The van der Waals surface area contributed by atoms with Gasteiger partial charge in [0.2, 0.25) is 24.1 Å². The third kappa shape index (κ3) is 22.4. The molecule has 0 aromatic heterocycles. The largest absolute Gasteiger partial charge is 0.352 e. The molecule has 4 aromatic rings. The lowest BCUT2D eigenvalue weighted by Gasteiger charge is -2.29. The maximum Gasteiger partial charge on any atom is 0.253 e. The molecule has 6 rings (SSSR count). The van der Waals surface area contributed by atoms with E-state index in [9.17, 15) is 28.8 Å². The molecule has 3 atom stereocenters. The molecule has 2 fully saturated rings. The Kier molecular flexibility index (Phi) is 27.4. The van der Waals surface area contributed by atoms with Crippen molar-refractivity contribution in [1.82, 2.24) is 40.9 Å². The number of likely N-dealkylation sites (N-methyl/N-ethyl adjacent to an activating group) is 3. The Morgan fingerprint density at radius 2 is 1.27 bits per heavy atom. The van der Waals surface area contributed by atoms with E-state index in [1.54, 1.807) is 30.8 Å². The number of carbonyl (C=O) groups excluding carboxylic acids is 6. The lowest BCUT2D eigenvalue weighted by atomic mass is 9.88. The van der Waals surface area contributed by atoms with E-state index in [0.717, 1.165) is 81.6 Å². The minimum atomic E-state index is -0.253. The van der Waals surface area contributed by atoms with Gasteiger partial charge in [-0.3, -0.25) is 28.8 Å². The number of hydrogen-bond acceptors (Lipinski definition) is 8. The van der Waals surface area contributed by atoms with Crippen LogP contribution in [0.25, 0.3) is 11.1 Å². The topological polar surface area (TPSA) is 163 Å². The Labute approximate surface area is 443 Å². The molecule has 0 aliphatic carbocycles. The Balaban J connectivity index is 0.000000378. The predicted octanol–water partition coefficient (Wildman–Crippen LogP) is 7.73. The van der Waals surface area contributed by atoms with Gasteiger partial charge in [-0.2, -0.15) is 0 Å². The molecule has 2 aliphatic rings. The van der Waals surface area contributed by atoms with Crippen molar-refractivity contribution in [1.29, 1.82) is 0 Å². The van der Waals surface area contributed by atoms with Crippen LogP contribution < -0.4 is 21.3 Å². The molecule has 2 heterocycles. The minimum absolute atomic E-state index is 0.0177. The predicted molar refractivity (Wildman–Crippen MR) is 300 cm³/mol. The van der Waals surface area contributed by atoms with E-state index >= 15 is 0 Å². The van der Waals surface area contributed by atoms with Crippen molar-refractivity contribution in [2.24, 2.45) is 11.3 Å². The van der Waals surface area contributed by atoms with Gasteiger partial charge in [-0.25, -0.2) is 0 Å². The second-order valence-electron chi connectivity index (χ2n) is 21.0. The van der Waals surface area contributed by atoms with Gasteiger partial charge in [-0.15, -0.1) is 0 Å². The van der Waals surface area contributed by atoms with Gasteiger partial charge in [-0.1, -0.05) is 126 Å². The molecule has 14 heteroatoms. The van der Waals surface area contributed by atoms with Gasteiger partial charge in [0, 0.05) is 69.5 Å². The van der Waals surface area contributed by atoms with Crippen LogP contribution in [0.3, 0.4) is 0 Å². The Morgan fingerprint density at radius 3 is 1.81 bits per heavy atom. The number of carbonyl (C=O) groups is 6. The highest BCUT2D eigenvalue weighted by atomic mass is 16.2. The summed E-state index contributed by atoms with van der Waals surface area (Å²) in [5.41, 5.74) is 5.62. The fraction of sp³-hybridized carbons (Fsp3) is 0.500. The van der Waals surface area contributed by atoms with Crippen molar-refractivity contribution in [3.8, 4) is 11.1 Å². The van der Waals surface area contributed by atoms with E-state index in [4.69, 9.17) is 0 Å². The van der Waals surface area contributed by atoms with Crippen LogP contribution in [0.4, 0.5) is 0 Å². The quantitative estimate of drug-likeness (QED) is 0.0694.